The van der Waals surface area contributed by atoms with Crippen molar-refractivity contribution in [2.45, 2.75) is 32.2 Å². The molecule has 2 aromatic rings. The van der Waals surface area contributed by atoms with Crippen LogP contribution in [0.15, 0.2) is 48.5 Å². The van der Waals surface area contributed by atoms with Gasteiger partial charge in [-0.25, -0.2) is 4.79 Å². The van der Waals surface area contributed by atoms with Gasteiger partial charge in [-0.2, -0.15) is 12.6 Å². The molecular formula is C21H25NO2S. The van der Waals surface area contributed by atoms with Gasteiger partial charge in [0.2, 0.25) is 0 Å². The van der Waals surface area contributed by atoms with E-state index in [1.54, 1.807) is 0 Å². The van der Waals surface area contributed by atoms with Crippen LogP contribution in [0.1, 0.15) is 37.3 Å². The fourth-order valence-electron chi connectivity index (χ4n) is 3.44. The Balaban J connectivity index is 1.70. The van der Waals surface area contributed by atoms with Gasteiger partial charge in [-0.05, 0) is 28.2 Å². The number of alkyl carbamates (subject to hydrolysis) is 1. The maximum Gasteiger partial charge on any atom is 0.407 e. The van der Waals surface area contributed by atoms with E-state index in [-0.39, 0.29) is 18.1 Å². The number of fused-ring (bicyclic) bond motifs is 3. The number of hydrogen-bond donors (Lipinski definition) is 2. The normalized spacial score (nSPS) is 15.2. The Morgan fingerprint density at radius 2 is 1.68 bits per heavy atom. The highest BCUT2D eigenvalue weighted by molar-refractivity contribution is 7.80. The molecule has 0 saturated heterocycles. The van der Waals surface area contributed by atoms with Crippen molar-refractivity contribution in [3.63, 3.8) is 0 Å². The zero-order valence-electron chi connectivity index (χ0n) is 14.7. The summed E-state index contributed by atoms with van der Waals surface area (Å²) in [5.74, 6) is 1.08. The molecule has 4 heteroatoms. The van der Waals surface area contributed by atoms with Gasteiger partial charge in [0.25, 0.3) is 0 Å². The van der Waals surface area contributed by atoms with Crippen molar-refractivity contribution in [2.75, 3.05) is 12.4 Å². The first-order chi connectivity index (χ1) is 12.2. The average Bonchev–Trinajstić information content (AvgIpc) is 2.98. The number of ether oxygens (including phenoxy) is 1. The number of hydrogen-bond acceptors (Lipinski definition) is 3. The summed E-state index contributed by atoms with van der Waals surface area (Å²) in [6, 6.07) is 16.7. The topological polar surface area (TPSA) is 38.3 Å². The third-order valence-corrected chi connectivity index (χ3v) is 5.57. The van der Waals surface area contributed by atoms with Crippen LogP contribution in [0, 0.1) is 5.92 Å². The van der Waals surface area contributed by atoms with Crippen molar-refractivity contribution in [2.24, 2.45) is 5.92 Å². The standard InChI is InChI=1S/C21H25NO2S/c1-3-14(2)20(13-25)22-21(23)24-12-19-17-10-6-4-8-15(17)16-9-5-7-11-18(16)19/h4-11,14,19-20,25H,3,12-13H2,1-2H3,(H,22,23)/t14?,20-/m1/s1. The SMILES string of the molecule is CCC(C)[C@@H](CS)NC(=O)OCC1c2ccccc2-c2ccccc21. The summed E-state index contributed by atoms with van der Waals surface area (Å²) in [4.78, 5) is 12.2. The maximum absolute atomic E-state index is 12.2. The third kappa shape index (κ3) is 3.69. The number of thiol groups is 1. The van der Waals surface area contributed by atoms with Crippen molar-refractivity contribution in [3.8, 4) is 11.1 Å². The van der Waals surface area contributed by atoms with Gasteiger partial charge in [0, 0.05) is 17.7 Å². The minimum atomic E-state index is -0.360. The Morgan fingerprint density at radius 1 is 1.12 bits per heavy atom. The van der Waals surface area contributed by atoms with Crippen molar-refractivity contribution in [1.82, 2.24) is 5.32 Å². The van der Waals surface area contributed by atoms with Gasteiger partial charge < -0.3 is 10.1 Å². The van der Waals surface area contributed by atoms with Crippen LogP contribution in [0.25, 0.3) is 11.1 Å². The van der Waals surface area contributed by atoms with Crippen LogP contribution in [0.4, 0.5) is 4.79 Å². The van der Waals surface area contributed by atoms with Crippen LogP contribution in [0.5, 0.6) is 0 Å². The fourth-order valence-corrected chi connectivity index (χ4v) is 3.89. The number of rotatable bonds is 6. The summed E-state index contributed by atoms with van der Waals surface area (Å²) in [6.07, 6.45) is 0.635. The van der Waals surface area contributed by atoms with Gasteiger partial charge in [0.15, 0.2) is 0 Å². The van der Waals surface area contributed by atoms with Crippen LogP contribution in [0.2, 0.25) is 0 Å². The van der Waals surface area contributed by atoms with Gasteiger partial charge >= 0.3 is 6.09 Å². The quantitative estimate of drug-likeness (QED) is 0.726. The van der Waals surface area contributed by atoms with Crippen LogP contribution in [-0.4, -0.2) is 24.5 Å². The van der Waals surface area contributed by atoms with Crippen molar-refractivity contribution < 1.29 is 9.53 Å². The Morgan fingerprint density at radius 3 is 2.20 bits per heavy atom. The highest BCUT2D eigenvalue weighted by atomic mass is 32.1. The molecule has 25 heavy (non-hydrogen) atoms. The predicted octanol–water partition coefficient (Wildman–Crippen LogP) is 4.87. The van der Waals surface area contributed by atoms with Crippen LogP contribution in [0.3, 0.4) is 0 Å². The summed E-state index contributed by atoms with van der Waals surface area (Å²) in [6.45, 7) is 4.57. The zero-order chi connectivity index (χ0) is 17.8. The van der Waals surface area contributed by atoms with Gasteiger partial charge in [-0.15, -0.1) is 0 Å². The smallest absolute Gasteiger partial charge is 0.407 e. The number of amides is 1. The highest BCUT2D eigenvalue weighted by Crippen LogP contribution is 2.44. The molecule has 1 unspecified atom stereocenters. The molecule has 0 radical (unpaired) electrons. The van der Waals surface area contributed by atoms with E-state index in [0.29, 0.717) is 18.3 Å². The molecule has 0 aromatic heterocycles. The predicted molar refractivity (Wildman–Crippen MR) is 105 cm³/mol. The van der Waals surface area contributed by atoms with Crippen LogP contribution >= 0.6 is 12.6 Å². The molecule has 0 heterocycles. The first kappa shape index (κ1) is 17.9. The molecule has 3 rings (SSSR count). The second kappa shape index (κ2) is 7.96. The Labute approximate surface area is 155 Å². The molecule has 1 aliphatic rings. The molecule has 3 nitrogen and oxygen atoms in total. The summed E-state index contributed by atoms with van der Waals surface area (Å²) >= 11 is 4.34. The lowest BCUT2D eigenvalue weighted by Gasteiger charge is -2.23. The summed E-state index contributed by atoms with van der Waals surface area (Å²) in [5, 5.41) is 2.95. The van der Waals surface area contributed by atoms with Crippen LogP contribution < -0.4 is 5.32 Å². The molecule has 2 atom stereocenters. The molecule has 1 aliphatic carbocycles. The fraction of sp³-hybridized carbons (Fsp3) is 0.381. The van der Waals surface area contributed by atoms with Crippen molar-refractivity contribution in [3.05, 3.63) is 59.7 Å². The minimum absolute atomic E-state index is 0.0315. The monoisotopic (exact) mass is 355 g/mol. The van der Waals surface area contributed by atoms with Crippen molar-refractivity contribution in [1.29, 1.82) is 0 Å². The van der Waals surface area contributed by atoms with Gasteiger partial charge in [0.05, 0.1) is 0 Å². The Kier molecular flexibility index (Phi) is 5.69. The average molecular weight is 356 g/mol. The number of benzene rings is 2. The molecular weight excluding hydrogens is 330 g/mol. The zero-order valence-corrected chi connectivity index (χ0v) is 15.6. The molecule has 0 bridgehead atoms. The molecule has 2 aromatic carbocycles. The van der Waals surface area contributed by atoms with E-state index >= 15 is 0 Å². The molecule has 1 amide bonds. The van der Waals surface area contributed by atoms with E-state index in [0.717, 1.165) is 6.42 Å². The van der Waals surface area contributed by atoms with E-state index in [1.807, 2.05) is 12.1 Å². The van der Waals surface area contributed by atoms with Gasteiger partial charge in [-0.3, -0.25) is 0 Å². The van der Waals surface area contributed by atoms with E-state index in [2.05, 4.69) is 68.2 Å². The first-order valence-corrected chi connectivity index (χ1v) is 9.51. The highest BCUT2D eigenvalue weighted by Gasteiger charge is 2.29. The molecule has 0 aliphatic heterocycles. The van der Waals surface area contributed by atoms with Gasteiger partial charge in [0.1, 0.15) is 6.61 Å². The number of carbonyl (C=O) groups is 1. The minimum Gasteiger partial charge on any atom is -0.449 e. The second-order valence-electron chi connectivity index (χ2n) is 6.64. The summed E-state index contributed by atoms with van der Waals surface area (Å²) in [7, 11) is 0. The Bertz CT molecular complexity index is 701. The van der Waals surface area contributed by atoms with E-state index in [1.165, 1.54) is 22.3 Å². The summed E-state index contributed by atoms with van der Waals surface area (Å²) < 4.78 is 5.58. The van der Waals surface area contributed by atoms with E-state index < -0.39 is 0 Å². The lowest BCUT2D eigenvalue weighted by molar-refractivity contribution is 0.137. The lowest BCUT2D eigenvalue weighted by atomic mass is 9.98. The molecule has 0 spiro atoms. The molecule has 1 N–H and O–H groups in total. The molecule has 132 valence electrons. The Hall–Kier alpha value is -1.94. The second-order valence-corrected chi connectivity index (χ2v) is 7.01. The van der Waals surface area contributed by atoms with Crippen LogP contribution in [-0.2, 0) is 4.74 Å². The third-order valence-electron chi connectivity index (χ3n) is 5.17. The maximum atomic E-state index is 12.2. The van der Waals surface area contributed by atoms with Gasteiger partial charge in [-0.1, -0.05) is 68.8 Å². The number of nitrogens with one attached hydrogen (secondary N) is 1. The van der Waals surface area contributed by atoms with E-state index in [4.69, 9.17) is 4.74 Å². The lowest BCUT2D eigenvalue weighted by Crippen LogP contribution is -2.41. The number of carbonyl (C=O) groups excluding carboxylic acids is 1. The first-order valence-electron chi connectivity index (χ1n) is 8.88. The molecule has 0 fully saturated rings. The summed E-state index contributed by atoms with van der Waals surface area (Å²) in [5.41, 5.74) is 4.92. The largest absolute Gasteiger partial charge is 0.449 e. The molecule has 0 saturated carbocycles. The van der Waals surface area contributed by atoms with E-state index in [9.17, 15) is 4.79 Å². The van der Waals surface area contributed by atoms with Crippen molar-refractivity contribution >= 4 is 18.7 Å².